The summed E-state index contributed by atoms with van der Waals surface area (Å²) in [5.74, 6) is -0.486. The van der Waals surface area contributed by atoms with Crippen molar-refractivity contribution in [1.29, 1.82) is 0 Å². The van der Waals surface area contributed by atoms with Crippen molar-refractivity contribution in [3.63, 3.8) is 0 Å². The Morgan fingerprint density at radius 1 is 1.24 bits per heavy atom. The molecule has 1 aliphatic heterocycles. The van der Waals surface area contributed by atoms with Gasteiger partial charge in [-0.2, -0.15) is 4.98 Å². The van der Waals surface area contributed by atoms with Crippen LogP contribution in [0.3, 0.4) is 0 Å². The first kappa shape index (κ1) is 28.7. The number of aromatic amines is 1. The summed E-state index contributed by atoms with van der Waals surface area (Å²) in [4.78, 5) is 24.3. The number of nitrogens with zero attached hydrogens (tertiary/aromatic N) is 3. The SMILES string of the molecule is C[C@H](N)CCCc1cc(Cl)c(F)c(-c2cc3cn(-c4ccc([C@H]5COC[C@@H](CN=C(N)N)N5)cc4)c(=O)nc3[nH]2)c1. The summed E-state index contributed by atoms with van der Waals surface area (Å²) in [7, 11) is 0. The van der Waals surface area contributed by atoms with Gasteiger partial charge in [0.2, 0.25) is 0 Å². The van der Waals surface area contributed by atoms with Crippen LogP contribution in [0.5, 0.6) is 0 Å². The lowest BCUT2D eigenvalue weighted by atomic mass is 10.0. The molecule has 1 saturated heterocycles. The number of aromatic nitrogens is 3. The molecule has 4 aromatic rings. The number of rotatable bonds is 9. The fourth-order valence-corrected chi connectivity index (χ4v) is 5.27. The Kier molecular flexibility index (Phi) is 8.69. The molecule has 3 atom stereocenters. The number of nitrogens with one attached hydrogen (secondary N) is 2. The van der Waals surface area contributed by atoms with Crippen LogP contribution in [0, 0.1) is 5.82 Å². The van der Waals surface area contributed by atoms with E-state index in [0.717, 1.165) is 30.4 Å². The first-order valence-electron chi connectivity index (χ1n) is 13.5. The molecule has 10 nitrogen and oxygen atoms in total. The molecule has 2 aromatic carbocycles. The largest absolute Gasteiger partial charge is 0.378 e. The predicted molar refractivity (Wildman–Crippen MR) is 160 cm³/mol. The molecule has 0 aliphatic carbocycles. The molecule has 3 heterocycles. The molecule has 1 aliphatic rings. The standard InChI is InChI=1S/C29H34ClFN8O2/c1-16(32)3-2-4-17-9-22(26(31)23(30)10-17)24-11-19-13-39(29(40)38-27(19)37-24)21-7-5-18(6-8-21)25-15-41-14-20(36-25)12-35-28(33)34/h5-11,13,16,20,25,36H,2-4,12,14-15,32H2,1H3,(H4,33,34,35)(H,37,38,40)/t16-,20+,25+/m0/s1. The van der Waals surface area contributed by atoms with Crippen LogP contribution >= 0.6 is 11.6 Å². The fraction of sp³-hybridized carbons (Fsp3) is 0.345. The van der Waals surface area contributed by atoms with E-state index in [-0.39, 0.29) is 29.1 Å². The number of fused-ring (bicyclic) bond motifs is 1. The van der Waals surface area contributed by atoms with Gasteiger partial charge in [0.1, 0.15) is 5.65 Å². The number of hydrogen-bond acceptors (Lipinski definition) is 6. The Morgan fingerprint density at radius 2 is 2.02 bits per heavy atom. The summed E-state index contributed by atoms with van der Waals surface area (Å²) in [5, 5.41) is 4.20. The molecule has 216 valence electrons. The van der Waals surface area contributed by atoms with E-state index in [1.165, 1.54) is 4.57 Å². The second-order valence-electron chi connectivity index (χ2n) is 10.5. The van der Waals surface area contributed by atoms with Crippen LogP contribution in [0.25, 0.3) is 28.0 Å². The normalized spacial score (nSPS) is 18.0. The predicted octanol–water partition coefficient (Wildman–Crippen LogP) is 3.15. The Balaban J connectivity index is 1.38. The van der Waals surface area contributed by atoms with E-state index < -0.39 is 11.5 Å². The van der Waals surface area contributed by atoms with Gasteiger partial charge < -0.3 is 32.2 Å². The summed E-state index contributed by atoms with van der Waals surface area (Å²) < 4.78 is 22.3. The van der Waals surface area contributed by atoms with Crippen LogP contribution in [-0.4, -0.2) is 52.3 Å². The molecule has 41 heavy (non-hydrogen) atoms. The van der Waals surface area contributed by atoms with Gasteiger partial charge in [0.05, 0.1) is 48.2 Å². The third-order valence-corrected chi connectivity index (χ3v) is 7.39. The molecule has 8 N–H and O–H groups in total. The Labute approximate surface area is 241 Å². The quantitative estimate of drug-likeness (QED) is 0.150. The lowest BCUT2D eigenvalue weighted by Gasteiger charge is -2.30. The highest BCUT2D eigenvalue weighted by molar-refractivity contribution is 6.31. The maximum atomic E-state index is 15.1. The number of hydrogen-bond donors (Lipinski definition) is 5. The molecule has 0 amide bonds. The molecule has 0 unspecified atom stereocenters. The molecular weight excluding hydrogens is 547 g/mol. The minimum absolute atomic E-state index is 0.0115. The molecule has 0 saturated carbocycles. The fourth-order valence-electron chi connectivity index (χ4n) is 5.03. The van der Waals surface area contributed by atoms with Gasteiger partial charge >= 0.3 is 5.69 Å². The first-order chi connectivity index (χ1) is 19.7. The number of aliphatic imine (C=N–C) groups is 1. The van der Waals surface area contributed by atoms with Gasteiger partial charge in [0.15, 0.2) is 11.8 Å². The van der Waals surface area contributed by atoms with E-state index in [9.17, 15) is 4.79 Å². The van der Waals surface area contributed by atoms with Crippen molar-refractivity contribution in [2.75, 3.05) is 19.8 Å². The molecule has 5 rings (SSSR count). The zero-order valence-electron chi connectivity index (χ0n) is 22.7. The van der Waals surface area contributed by atoms with Crippen LogP contribution in [0.15, 0.2) is 58.4 Å². The van der Waals surface area contributed by atoms with Crippen molar-refractivity contribution in [3.05, 3.63) is 81.1 Å². The van der Waals surface area contributed by atoms with E-state index in [0.29, 0.717) is 47.7 Å². The monoisotopic (exact) mass is 580 g/mol. The maximum Gasteiger partial charge on any atom is 0.354 e. The third-order valence-electron chi connectivity index (χ3n) is 7.12. The van der Waals surface area contributed by atoms with E-state index >= 15 is 4.39 Å². The summed E-state index contributed by atoms with van der Waals surface area (Å²) in [5.41, 5.74) is 20.0. The van der Waals surface area contributed by atoms with Crippen LogP contribution in [-0.2, 0) is 11.2 Å². The first-order valence-corrected chi connectivity index (χ1v) is 13.9. The van der Waals surface area contributed by atoms with E-state index in [4.69, 9.17) is 33.5 Å². The number of H-pyrrole nitrogens is 1. The third kappa shape index (κ3) is 6.76. The summed E-state index contributed by atoms with van der Waals surface area (Å²) >= 11 is 6.23. The van der Waals surface area contributed by atoms with Gasteiger partial charge in [-0.25, -0.2) is 9.18 Å². The van der Waals surface area contributed by atoms with Gasteiger partial charge in [-0.3, -0.25) is 9.56 Å². The number of nitrogens with two attached hydrogens (primary N) is 3. The highest BCUT2D eigenvalue weighted by atomic mass is 35.5. The van der Waals surface area contributed by atoms with Crippen molar-refractivity contribution in [2.45, 2.75) is 44.3 Å². The minimum Gasteiger partial charge on any atom is -0.378 e. The Bertz CT molecular complexity index is 1610. The molecule has 2 aromatic heterocycles. The van der Waals surface area contributed by atoms with Crippen molar-refractivity contribution < 1.29 is 9.13 Å². The van der Waals surface area contributed by atoms with E-state index in [2.05, 4.69) is 20.3 Å². The number of halogens is 2. The highest BCUT2D eigenvalue weighted by Crippen LogP contribution is 2.31. The molecule has 12 heteroatoms. The summed E-state index contributed by atoms with van der Waals surface area (Å²) in [6.45, 7) is 3.40. The van der Waals surface area contributed by atoms with Gasteiger partial charge in [0, 0.05) is 23.2 Å². The smallest absolute Gasteiger partial charge is 0.354 e. The number of aryl methyl sites for hydroxylation is 1. The van der Waals surface area contributed by atoms with Crippen LogP contribution in [0.2, 0.25) is 5.02 Å². The number of benzene rings is 2. The number of morpholine rings is 1. The number of ether oxygens (including phenoxy) is 1. The molecule has 0 spiro atoms. The van der Waals surface area contributed by atoms with E-state index in [1.54, 1.807) is 24.4 Å². The molecule has 0 radical (unpaired) electrons. The average molecular weight is 581 g/mol. The maximum absolute atomic E-state index is 15.1. The van der Waals surface area contributed by atoms with Crippen LogP contribution in [0.1, 0.15) is 36.9 Å². The van der Waals surface area contributed by atoms with Gasteiger partial charge in [-0.15, -0.1) is 0 Å². The van der Waals surface area contributed by atoms with Crippen LogP contribution < -0.4 is 28.2 Å². The topological polar surface area (TPSA) is 162 Å². The van der Waals surface area contributed by atoms with Crippen molar-refractivity contribution in [1.82, 2.24) is 19.9 Å². The van der Waals surface area contributed by atoms with Crippen LogP contribution in [0.4, 0.5) is 4.39 Å². The van der Waals surface area contributed by atoms with Gasteiger partial charge in [-0.1, -0.05) is 23.7 Å². The van der Waals surface area contributed by atoms with Crippen molar-refractivity contribution in [2.24, 2.45) is 22.2 Å². The summed E-state index contributed by atoms with van der Waals surface area (Å²) in [6.07, 6.45) is 4.15. The van der Waals surface area contributed by atoms with Crippen molar-refractivity contribution >= 4 is 28.6 Å². The zero-order valence-corrected chi connectivity index (χ0v) is 23.5. The van der Waals surface area contributed by atoms with Gasteiger partial charge in [0.25, 0.3) is 0 Å². The second kappa shape index (κ2) is 12.4. The zero-order chi connectivity index (χ0) is 29.1. The van der Waals surface area contributed by atoms with Crippen molar-refractivity contribution in [3.8, 4) is 16.9 Å². The second-order valence-corrected chi connectivity index (χ2v) is 10.9. The molecule has 1 fully saturated rings. The minimum atomic E-state index is -0.527. The number of guanidine groups is 1. The lowest BCUT2D eigenvalue weighted by Crippen LogP contribution is -2.46. The highest BCUT2D eigenvalue weighted by Gasteiger charge is 2.23. The molecular formula is C29H34ClFN8O2. The van der Waals surface area contributed by atoms with Gasteiger partial charge in [-0.05, 0) is 67.6 Å². The Morgan fingerprint density at radius 3 is 2.76 bits per heavy atom. The lowest BCUT2D eigenvalue weighted by molar-refractivity contribution is 0.0477. The molecule has 0 bridgehead atoms. The Hall–Kier alpha value is -3.77. The average Bonchev–Trinajstić information content (AvgIpc) is 3.36. The van der Waals surface area contributed by atoms with E-state index in [1.807, 2.05) is 31.2 Å². The summed E-state index contributed by atoms with van der Waals surface area (Å²) in [6, 6.07) is 12.8.